The Bertz CT molecular complexity index is 1620. The van der Waals surface area contributed by atoms with Crippen molar-refractivity contribution in [3.63, 3.8) is 0 Å². The van der Waals surface area contributed by atoms with Crippen LogP contribution in [0.5, 0.6) is 0 Å². The van der Waals surface area contributed by atoms with E-state index in [1.807, 2.05) is 24.3 Å². The first kappa shape index (κ1) is 26.1. The Balaban J connectivity index is 1.46. The highest BCUT2D eigenvalue weighted by Crippen LogP contribution is 2.34. The number of nitrogens with zero attached hydrogens (tertiary/aromatic N) is 5. The van der Waals surface area contributed by atoms with Crippen molar-refractivity contribution in [2.24, 2.45) is 5.92 Å². The van der Waals surface area contributed by atoms with Crippen LogP contribution in [0.3, 0.4) is 0 Å². The minimum Gasteiger partial charge on any atom is -0.338 e. The van der Waals surface area contributed by atoms with E-state index in [0.29, 0.717) is 23.2 Å². The summed E-state index contributed by atoms with van der Waals surface area (Å²) in [4.78, 5) is 40.3. The summed E-state index contributed by atoms with van der Waals surface area (Å²) in [6, 6.07) is 9.83. The quantitative estimate of drug-likeness (QED) is 0.340. The number of likely N-dealkylation sites (tertiary alicyclic amines) is 1. The molecule has 2 aliphatic rings. The van der Waals surface area contributed by atoms with E-state index in [1.165, 1.54) is 35.8 Å². The van der Waals surface area contributed by atoms with Crippen LogP contribution in [0.4, 0.5) is 17.6 Å². The number of amides is 1. The first-order valence-electron chi connectivity index (χ1n) is 13.2. The van der Waals surface area contributed by atoms with Crippen LogP contribution in [0.15, 0.2) is 47.4 Å². The van der Waals surface area contributed by atoms with Crippen LogP contribution in [0.25, 0.3) is 28.4 Å². The topological polar surface area (TPSA) is 96.2 Å². The summed E-state index contributed by atoms with van der Waals surface area (Å²) in [5, 5.41) is 2.70. The number of rotatable bonds is 5. The van der Waals surface area contributed by atoms with Gasteiger partial charge in [0, 0.05) is 36.8 Å². The van der Waals surface area contributed by atoms with Crippen molar-refractivity contribution in [2.75, 3.05) is 19.8 Å². The van der Waals surface area contributed by atoms with Gasteiger partial charge in [-0.15, -0.1) is 0 Å². The van der Waals surface area contributed by atoms with Crippen LogP contribution in [-0.2, 0) is 6.18 Å². The lowest BCUT2D eigenvalue weighted by atomic mass is 9.84. The zero-order chi connectivity index (χ0) is 28.0. The highest BCUT2D eigenvalue weighted by atomic mass is 19.4. The molecule has 1 N–H and O–H groups in total. The summed E-state index contributed by atoms with van der Waals surface area (Å²) in [5.41, 5.74) is 0.0612. The van der Waals surface area contributed by atoms with Gasteiger partial charge in [-0.25, -0.2) is 19.5 Å². The number of halogens is 4. The number of alkyl halides is 4. The zero-order valence-electron chi connectivity index (χ0n) is 21.4. The van der Waals surface area contributed by atoms with E-state index in [9.17, 15) is 27.2 Å². The van der Waals surface area contributed by atoms with Gasteiger partial charge < -0.3 is 4.90 Å². The molecule has 1 aliphatic heterocycles. The van der Waals surface area contributed by atoms with Gasteiger partial charge in [0.15, 0.2) is 11.5 Å². The summed E-state index contributed by atoms with van der Waals surface area (Å²) in [6.07, 6.45) is 2.12. The Kier molecular flexibility index (Phi) is 6.63. The third-order valence-electron chi connectivity index (χ3n) is 7.75. The molecule has 4 heterocycles. The molecule has 0 atom stereocenters. The van der Waals surface area contributed by atoms with E-state index < -0.39 is 35.8 Å². The highest BCUT2D eigenvalue weighted by molar-refractivity contribution is 6.05. The fourth-order valence-corrected chi connectivity index (χ4v) is 5.54. The first-order valence-corrected chi connectivity index (χ1v) is 13.2. The molecule has 0 spiro atoms. The van der Waals surface area contributed by atoms with Crippen molar-refractivity contribution < 1.29 is 22.4 Å². The van der Waals surface area contributed by atoms with Gasteiger partial charge in [0.25, 0.3) is 11.5 Å². The van der Waals surface area contributed by atoms with E-state index in [-0.39, 0.29) is 35.9 Å². The average Bonchev–Trinajstić information content (AvgIpc) is 3.33. The molecule has 2 fully saturated rings. The van der Waals surface area contributed by atoms with Gasteiger partial charge in [-0.2, -0.15) is 13.2 Å². The van der Waals surface area contributed by atoms with Crippen molar-refractivity contribution in [2.45, 2.75) is 44.2 Å². The third-order valence-corrected chi connectivity index (χ3v) is 7.75. The summed E-state index contributed by atoms with van der Waals surface area (Å²) in [5.74, 6) is -0.839. The van der Waals surface area contributed by atoms with Crippen LogP contribution < -0.4 is 5.56 Å². The molecular weight excluding hydrogens is 528 g/mol. The lowest BCUT2D eigenvalue weighted by Crippen LogP contribution is -2.50. The van der Waals surface area contributed by atoms with E-state index in [1.54, 1.807) is 0 Å². The Morgan fingerprint density at radius 1 is 1.02 bits per heavy atom. The van der Waals surface area contributed by atoms with Crippen LogP contribution in [0, 0.1) is 5.92 Å². The number of fused-ring (bicyclic) bond motifs is 1. The maximum atomic E-state index is 13.6. The lowest BCUT2D eigenvalue weighted by Gasteiger charge is -2.37. The summed E-state index contributed by atoms with van der Waals surface area (Å²) >= 11 is 0. The third kappa shape index (κ3) is 4.75. The normalized spacial score (nSPS) is 16.9. The summed E-state index contributed by atoms with van der Waals surface area (Å²) in [7, 11) is 0. The minimum atomic E-state index is -4.74. The predicted molar refractivity (Wildman–Crippen MR) is 138 cm³/mol. The Labute approximate surface area is 226 Å². The molecule has 4 aromatic rings. The van der Waals surface area contributed by atoms with Crippen LogP contribution in [0.1, 0.15) is 59.6 Å². The second-order valence-electron chi connectivity index (χ2n) is 10.5. The SMILES string of the molecule is O=C(c1c(-c2nccc(C(F)(F)F)n2)[nH]n2c(=O)cc(-c3ccc(C4CCCCC4)cc3)nc12)N1CC(CF)C1. The summed E-state index contributed by atoms with van der Waals surface area (Å²) in [6.45, 7) is -0.315. The number of hydrogen-bond donors (Lipinski definition) is 1. The monoisotopic (exact) mass is 554 g/mol. The van der Waals surface area contributed by atoms with Gasteiger partial charge in [0.05, 0.1) is 12.4 Å². The lowest BCUT2D eigenvalue weighted by molar-refractivity contribution is -0.141. The molecule has 1 aromatic carbocycles. The second kappa shape index (κ2) is 10.1. The molecule has 40 heavy (non-hydrogen) atoms. The molecule has 0 unspecified atom stereocenters. The van der Waals surface area contributed by atoms with E-state index in [2.05, 4.69) is 20.1 Å². The molecule has 1 amide bonds. The number of benzene rings is 1. The number of hydrogen-bond acceptors (Lipinski definition) is 5. The first-order chi connectivity index (χ1) is 19.2. The van der Waals surface area contributed by atoms with Crippen molar-refractivity contribution in [1.29, 1.82) is 0 Å². The molecule has 1 saturated heterocycles. The standard InChI is InChI=1S/C28H26F4N6O2/c29-13-16-14-37(15-16)27(40)23-24(25-33-11-10-21(35-25)28(30,31)32)36-38-22(39)12-20(34-26(23)38)19-8-6-18(7-9-19)17-4-2-1-3-5-17/h6-12,16-17,36H,1-5,13-15H2. The highest BCUT2D eigenvalue weighted by Gasteiger charge is 2.37. The maximum absolute atomic E-state index is 13.6. The van der Waals surface area contributed by atoms with Crippen molar-refractivity contribution in [3.05, 3.63) is 69.8 Å². The Morgan fingerprint density at radius 2 is 1.75 bits per heavy atom. The smallest absolute Gasteiger partial charge is 0.338 e. The number of aromatic amines is 1. The van der Waals surface area contributed by atoms with Crippen LogP contribution in [0.2, 0.25) is 0 Å². The number of carbonyl (C=O) groups excluding carboxylic acids is 1. The molecule has 6 rings (SSSR count). The van der Waals surface area contributed by atoms with E-state index in [0.717, 1.165) is 23.6 Å². The summed E-state index contributed by atoms with van der Waals surface area (Å²) < 4.78 is 54.3. The van der Waals surface area contributed by atoms with Gasteiger partial charge in [-0.1, -0.05) is 43.5 Å². The zero-order valence-corrected chi connectivity index (χ0v) is 21.4. The Morgan fingerprint density at radius 3 is 2.42 bits per heavy atom. The van der Waals surface area contributed by atoms with E-state index in [4.69, 9.17) is 0 Å². The van der Waals surface area contributed by atoms with Crippen molar-refractivity contribution in [1.82, 2.24) is 29.5 Å². The van der Waals surface area contributed by atoms with Gasteiger partial charge in [0.1, 0.15) is 17.0 Å². The molecule has 1 aliphatic carbocycles. The van der Waals surface area contributed by atoms with Crippen LogP contribution >= 0.6 is 0 Å². The molecule has 3 aromatic heterocycles. The van der Waals surface area contributed by atoms with Gasteiger partial charge >= 0.3 is 6.18 Å². The molecule has 1 saturated carbocycles. The number of nitrogens with one attached hydrogen (secondary N) is 1. The van der Waals surface area contributed by atoms with Crippen molar-refractivity contribution >= 4 is 11.6 Å². The fourth-order valence-electron chi connectivity index (χ4n) is 5.54. The van der Waals surface area contributed by atoms with Gasteiger partial charge in [-0.05, 0) is 30.4 Å². The fraction of sp³-hybridized carbons (Fsp3) is 0.393. The molecule has 208 valence electrons. The van der Waals surface area contributed by atoms with Crippen molar-refractivity contribution in [3.8, 4) is 22.8 Å². The number of aromatic nitrogens is 5. The predicted octanol–water partition coefficient (Wildman–Crippen LogP) is 5.25. The second-order valence-corrected chi connectivity index (χ2v) is 10.5. The number of carbonyl (C=O) groups is 1. The molecule has 0 radical (unpaired) electrons. The molecule has 0 bridgehead atoms. The van der Waals surface area contributed by atoms with Gasteiger partial charge in [0.2, 0.25) is 0 Å². The largest absolute Gasteiger partial charge is 0.433 e. The van der Waals surface area contributed by atoms with E-state index >= 15 is 0 Å². The van der Waals surface area contributed by atoms with Gasteiger partial charge in [-0.3, -0.25) is 19.1 Å². The molecular formula is C28H26F4N6O2. The minimum absolute atomic E-state index is 0.0661. The molecule has 8 nitrogen and oxygen atoms in total. The maximum Gasteiger partial charge on any atom is 0.433 e. The average molecular weight is 555 g/mol. The molecule has 12 heteroatoms. The Hall–Kier alpha value is -4.09. The van der Waals surface area contributed by atoms with Crippen LogP contribution in [-0.4, -0.2) is 55.1 Å². The number of H-pyrrole nitrogens is 1.